The smallest absolute Gasteiger partial charge is 0.322 e. The van der Waals surface area contributed by atoms with Crippen molar-refractivity contribution in [2.45, 2.75) is 40.4 Å². The molecule has 1 amide bonds. The number of nitrogens with one attached hydrogen (secondary N) is 1. The summed E-state index contributed by atoms with van der Waals surface area (Å²) in [5.74, 6) is 5.41. The van der Waals surface area contributed by atoms with E-state index in [1.165, 1.54) is 24.5 Å². The first kappa shape index (κ1) is 32.3. The Morgan fingerprint density at radius 2 is 1.69 bits per heavy atom. The van der Waals surface area contributed by atoms with E-state index in [0.29, 0.717) is 24.3 Å². The molecule has 5 rings (SSSR count). The number of hydrogen-bond donors (Lipinski definition) is 1. The van der Waals surface area contributed by atoms with Crippen molar-refractivity contribution in [2.24, 2.45) is 0 Å². The van der Waals surface area contributed by atoms with Crippen molar-refractivity contribution in [3.63, 3.8) is 0 Å². The monoisotopic (exact) mass is 578 g/mol. The summed E-state index contributed by atoms with van der Waals surface area (Å²) in [6.45, 7) is 11.2. The largest absolute Gasteiger partial charge is 0.416 e. The standard InChI is InChI=1S/C28H25F3N6O.2C2H6/c1-35-10-12-36(13-11-35)19-21-6-7-23(15-25(21)28(29,30)31)34-27(38)22-14-20(16-32-17-22)5-8-24-18-33-26-4-2-3-9-37(24)26;2*1-2/h2-4,6-7,9,14-18H,10-13,19H2,1H3,(H,34,38);2*1-2H3. The number of amides is 1. The number of rotatable bonds is 4. The number of carbonyl (C=O) groups is 1. The van der Waals surface area contributed by atoms with Gasteiger partial charge in [0.2, 0.25) is 0 Å². The molecule has 3 aromatic heterocycles. The van der Waals surface area contributed by atoms with Crippen LogP contribution in [0.2, 0.25) is 0 Å². The van der Waals surface area contributed by atoms with E-state index in [9.17, 15) is 18.0 Å². The lowest BCUT2D eigenvalue weighted by Crippen LogP contribution is -2.44. The summed E-state index contributed by atoms with van der Waals surface area (Å²) in [6, 6.07) is 11.1. The molecular weight excluding hydrogens is 541 g/mol. The van der Waals surface area contributed by atoms with Gasteiger partial charge in [-0.15, -0.1) is 0 Å². The number of fused-ring (bicyclic) bond motifs is 1. The van der Waals surface area contributed by atoms with Gasteiger partial charge in [-0.25, -0.2) is 4.98 Å². The van der Waals surface area contributed by atoms with Gasteiger partial charge in [-0.2, -0.15) is 13.2 Å². The molecule has 0 bridgehead atoms. The van der Waals surface area contributed by atoms with Gasteiger partial charge in [-0.3, -0.25) is 19.1 Å². The number of anilines is 1. The first-order chi connectivity index (χ1) is 20.3. The molecule has 1 aromatic carbocycles. The van der Waals surface area contributed by atoms with E-state index in [1.54, 1.807) is 12.3 Å². The Kier molecular flexibility index (Phi) is 11.7. The Morgan fingerprint density at radius 1 is 0.952 bits per heavy atom. The molecule has 1 saturated heterocycles. The maximum atomic E-state index is 13.9. The molecule has 222 valence electrons. The number of imidazole rings is 1. The number of alkyl halides is 3. The van der Waals surface area contributed by atoms with Crippen LogP contribution in [0.25, 0.3) is 5.65 Å². The summed E-state index contributed by atoms with van der Waals surface area (Å²) >= 11 is 0. The van der Waals surface area contributed by atoms with Crippen molar-refractivity contribution in [1.29, 1.82) is 0 Å². The van der Waals surface area contributed by atoms with Crippen LogP contribution >= 0.6 is 0 Å². The summed E-state index contributed by atoms with van der Waals surface area (Å²) in [5.41, 5.74) is 1.60. The van der Waals surface area contributed by atoms with Crippen molar-refractivity contribution in [3.8, 4) is 11.8 Å². The van der Waals surface area contributed by atoms with Crippen molar-refractivity contribution >= 4 is 17.2 Å². The number of carbonyl (C=O) groups excluding carboxylic acids is 1. The van der Waals surface area contributed by atoms with Crippen LogP contribution in [0.15, 0.2) is 67.3 Å². The van der Waals surface area contributed by atoms with Crippen LogP contribution in [-0.4, -0.2) is 63.3 Å². The second-order valence-electron chi connectivity index (χ2n) is 9.19. The fourth-order valence-corrected chi connectivity index (χ4v) is 4.30. The lowest BCUT2D eigenvalue weighted by molar-refractivity contribution is -0.138. The normalized spacial score (nSPS) is 13.6. The molecule has 4 aromatic rings. The van der Waals surface area contributed by atoms with Gasteiger partial charge in [0, 0.05) is 62.6 Å². The van der Waals surface area contributed by atoms with E-state index in [4.69, 9.17) is 0 Å². The van der Waals surface area contributed by atoms with Gasteiger partial charge in [0.1, 0.15) is 11.3 Å². The van der Waals surface area contributed by atoms with Gasteiger partial charge in [0.05, 0.1) is 17.3 Å². The number of nitrogens with zero attached hydrogens (tertiary/aromatic N) is 5. The number of halogens is 3. The fourth-order valence-electron chi connectivity index (χ4n) is 4.30. The lowest BCUT2D eigenvalue weighted by atomic mass is 10.0. The van der Waals surface area contributed by atoms with Crippen LogP contribution < -0.4 is 5.32 Å². The second kappa shape index (κ2) is 15.1. The Bertz CT molecular complexity index is 1530. The van der Waals surface area contributed by atoms with Gasteiger partial charge in [-0.05, 0) is 48.9 Å². The Morgan fingerprint density at radius 3 is 2.40 bits per heavy atom. The molecule has 10 heteroatoms. The predicted molar refractivity (Wildman–Crippen MR) is 160 cm³/mol. The molecule has 0 unspecified atom stereocenters. The molecule has 0 aliphatic carbocycles. The number of aromatic nitrogens is 3. The molecule has 0 atom stereocenters. The molecule has 1 aliphatic heterocycles. The third kappa shape index (κ3) is 8.41. The summed E-state index contributed by atoms with van der Waals surface area (Å²) < 4.78 is 43.5. The molecule has 7 nitrogen and oxygen atoms in total. The molecule has 42 heavy (non-hydrogen) atoms. The zero-order valence-corrected chi connectivity index (χ0v) is 24.7. The number of likely N-dealkylation sites (N-methyl/N-ethyl adjacent to an activating group) is 1. The minimum atomic E-state index is -4.54. The Hall–Kier alpha value is -4.20. The maximum absolute atomic E-state index is 13.9. The van der Waals surface area contributed by atoms with E-state index in [0.717, 1.165) is 24.8 Å². The number of hydrogen-bond acceptors (Lipinski definition) is 5. The number of pyridine rings is 2. The van der Waals surface area contributed by atoms with Crippen molar-refractivity contribution in [2.75, 3.05) is 38.5 Å². The maximum Gasteiger partial charge on any atom is 0.416 e. The molecule has 0 spiro atoms. The van der Waals surface area contributed by atoms with Crippen LogP contribution in [0.4, 0.5) is 18.9 Å². The van der Waals surface area contributed by atoms with E-state index in [-0.39, 0.29) is 23.4 Å². The summed E-state index contributed by atoms with van der Waals surface area (Å²) in [5, 5.41) is 2.57. The van der Waals surface area contributed by atoms with E-state index >= 15 is 0 Å². The molecule has 0 radical (unpaired) electrons. The van der Waals surface area contributed by atoms with Gasteiger partial charge >= 0.3 is 6.18 Å². The van der Waals surface area contributed by atoms with E-state index < -0.39 is 17.6 Å². The third-order valence-corrected chi connectivity index (χ3v) is 6.42. The van der Waals surface area contributed by atoms with Crippen LogP contribution in [-0.2, 0) is 12.7 Å². The average Bonchev–Trinajstić information content (AvgIpc) is 3.43. The average molecular weight is 579 g/mol. The third-order valence-electron chi connectivity index (χ3n) is 6.42. The van der Waals surface area contributed by atoms with Gasteiger partial charge in [0.25, 0.3) is 5.91 Å². The van der Waals surface area contributed by atoms with Crippen LogP contribution in [0, 0.1) is 11.8 Å². The van der Waals surface area contributed by atoms with E-state index in [1.807, 2.05) is 68.4 Å². The minimum absolute atomic E-state index is 0.0617. The highest BCUT2D eigenvalue weighted by Crippen LogP contribution is 2.34. The molecule has 1 fully saturated rings. The van der Waals surface area contributed by atoms with Gasteiger partial charge < -0.3 is 10.2 Å². The minimum Gasteiger partial charge on any atom is -0.322 e. The Labute approximate surface area is 245 Å². The Balaban J connectivity index is 0.00000116. The van der Waals surface area contributed by atoms with Crippen molar-refractivity contribution in [1.82, 2.24) is 24.2 Å². The van der Waals surface area contributed by atoms with Crippen molar-refractivity contribution in [3.05, 3.63) is 95.2 Å². The lowest BCUT2D eigenvalue weighted by Gasteiger charge is -2.33. The molecule has 1 N–H and O–H groups in total. The highest BCUT2D eigenvalue weighted by molar-refractivity contribution is 6.04. The van der Waals surface area contributed by atoms with Crippen LogP contribution in [0.5, 0.6) is 0 Å². The summed E-state index contributed by atoms with van der Waals surface area (Å²) in [4.78, 5) is 25.4. The predicted octanol–water partition coefficient (Wildman–Crippen LogP) is 6.20. The first-order valence-electron chi connectivity index (χ1n) is 14.1. The number of benzene rings is 1. The molecule has 4 heterocycles. The van der Waals surface area contributed by atoms with E-state index in [2.05, 4.69) is 32.0 Å². The summed E-state index contributed by atoms with van der Waals surface area (Å²) in [7, 11) is 2.00. The highest BCUT2D eigenvalue weighted by atomic mass is 19.4. The summed E-state index contributed by atoms with van der Waals surface area (Å²) in [6.07, 6.45) is 1.82. The molecule has 0 saturated carbocycles. The van der Waals surface area contributed by atoms with Crippen molar-refractivity contribution < 1.29 is 18.0 Å². The van der Waals surface area contributed by atoms with Gasteiger partial charge in [0.15, 0.2) is 0 Å². The highest BCUT2D eigenvalue weighted by Gasteiger charge is 2.34. The molecule has 1 aliphatic rings. The quantitative estimate of drug-likeness (QED) is 0.292. The zero-order chi connectivity index (χ0) is 30.7. The fraction of sp³-hybridized carbons (Fsp3) is 0.344. The van der Waals surface area contributed by atoms with Crippen LogP contribution in [0.1, 0.15) is 60.4 Å². The SMILES string of the molecule is CC.CC.CN1CCN(Cc2ccc(NC(=O)c3cncc(C#Cc4cnc5ccccn45)c3)cc2C(F)(F)F)CC1. The van der Waals surface area contributed by atoms with Gasteiger partial charge in [-0.1, -0.05) is 45.7 Å². The zero-order valence-electron chi connectivity index (χ0n) is 24.7. The van der Waals surface area contributed by atoms with Crippen LogP contribution in [0.3, 0.4) is 0 Å². The number of piperazine rings is 1. The molecular formula is C32H37F3N6O. The topological polar surface area (TPSA) is 65.8 Å². The second-order valence-corrected chi connectivity index (χ2v) is 9.19. The first-order valence-corrected chi connectivity index (χ1v) is 14.1.